The van der Waals surface area contributed by atoms with Gasteiger partial charge in [0.05, 0.1) is 5.75 Å². The van der Waals surface area contributed by atoms with Gasteiger partial charge in [0.1, 0.15) is 12.1 Å². The first-order valence-corrected chi connectivity index (χ1v) is 11.9. The minimum atomic E-state index is -3.47. The molecule has 1 aliphatic carbocycles. The van der Waals surface area contributed by atoms with Crippen molar-refractivity contribution in [1.29, 1.82) is 0 Å². The van der Waals surface area contributed by atoms with Gasteiger partial charge in [-0.1, -0.05) is 43.2 Å². The van der Waals surface area contributed by atoms with Gasteiger partial charge in [-0.3, -0.25) is 14.5 Å². The summed E-state index contributed by atoms with van der Waals surface area (Å²) in [6.07, 6.45) is 2.99. The zero-order valence-corrected chi connectivity index (χ0v) is 17.6. The third-order valence-electron chi connectivity index (χ3n) is 6.17. The van der Waals surface area contributed by atoms with Crippen LogP contribution < -0.4 is 5.32 Å². The van der Waals surface area contributed by atoms with Gasteiger partial charge in [-0.05, 0) is 18.4 Å². The van der Waals surface area contributed by atoms with E-state index in [2.05, 4.69) is 5.32 Å². The topological polar surface area (TPSA) is 107 Å². The second kappa shape index (κ2) is 7.99. The number of piperazine rings is 1. The number of hydrogen-bond acceptors (Lipinski definition) is 5. The smallest absolute Gasteiger partial charge is 0.325 e. The van der Waals surface area contributed by atoms with Gasteiger partial charge in [-0.15, -0.1) is 0 Å². The third kappa shape index (κ3) is 3.93. The molecule has 0 atom stereocenters. The average Bonchev–Trinajstić information content (AvgIpc) is 3.29. The van der Waals surface area contributed by atoms with Crippen molar-refractivity contribution >= 4 is 27.9 Å². The SMILES string of the molecule is O=C(CN1C(=O)NC2(CCCC2)C1=O)N1CCN(S(=O)(=O)Cc2ccccc2)CC1. The molecule has 2 heterocycles. The number of rotatable bonds is 5. The average molecular weight is 435 g/mol. The number of carbonyl (C=O) groups is 3. The molecule has 1 N–H and O–H groups in total. The Morgan fingerprint density at radius 2 is 1.63 bits per heavy atom. The van der Waals surface area contributed by atoms with Crippen LogP contribution in [0.25, 0.3) is 0 Å². The van der Waals surface area contributed by atoms with E-state index in [0.29, 0.717) is 12.8 Å². The van der Waals surface area contributed by atoms with E-state index in [0.717, 1.165) is 23.3 Å². The van der Waals surface area contributed by atoms with E-state index in [4.69, 9.17) is 0 Å². The first-order valence-electron chi connectivity index (χ1n) is 10.2. The molecule has 30 heavy (non-hydrogen) atoms. The Morgan fingerprint density at radius 1 is 1.00 bits per heavy atom. The summed E-state index contributed by atoms with van der Waals surface area (Å²) in [4.78, 5) is 40.2. The van der Waals surface area contributed by atoms with Crippen LogP contribution in [-0.4, -0.2) is 78.6 Å². The van der Waals surface area contributed by atoms with Crippen LogP contribution >= 0.6 is 0 Å². The van der Waals surface area contributed by atoms with Crippen molar-refractivity contribution in [2.24, 2.45) is 0 Å². The van der Waals surface area contributed by atoms with Crippen molar-refractivity contribution in [2.75, 3.05) is 32.7 Å². The molecular formula is C20H26N4O5S. The molecule has 10 heteroatoms. The molecule has 4 amide bonds. The van der Waals surface area contributed by atoms with Gasteiger partial charge in [0.25, 0.3) is 5.91 Å². The molecule has 162 valence electrons. The standard InChI is InChI=1S/C20H26N4O5S/c25-17(14-24-18(26)20(21-19(24)27)8-4-5-9-20)22-10-12-23(13-11-22)30(28,29)15-16-6-2-1-3-7-16/h1-3,6-7H,4-5,8-15H2,(H,21,27). The molecule has 4 rings (SSSR count). The molecule has 0 radical (unpaired) electrons. The predicted molar refractivity (Wildman–Crippen MR) is 109 cm³/mol. The first kappa shape index (κ1) is 20.8. The Balaban J connectivity index is 1.32. The van der Waals surface area contributed by atoms with Gasteiger partial charge in [0, 0.05) is 26.2 Å². The molecule has 1 saturated carbocycles. The van der Waals surface area contributed by atoms with Crippen molar-refractivity contribution in [2.45, 2.75) is 37.0 Å². The fraction of sp³-hybridized carbons (Fsp3) is 0.550. The number of carbonyl (C=O) groups excluding carboxylic acids is 3. The summed E-state index contributed by atoms with van der Waals surface area (Å²) in [6, 6.07) is 8.46. The fourth-order valence-corrected chi connectivity index (χ4v) is 5.98. The van der Waals surface area contributed by atoms with Gasteiger partial charge < -0.3 is 10.2 Å². The van der Waals surface area contributed by atoms with E-state index in [9.17, 15) is 22.8 Å². The molecule has 0 aromatic heterocycles. The number of urea groups is 1. The number of imide groups is 1. The zero-order chi connectivity index (χ0) is 21.4. The van der Waals surface area contributed by atoms with E-state index >= 15 is 0 Å². The quantitative estimate of drug-likeness (QED) is 0.680. The molecule has 9 nitrogen and oxygen atoms in total. The Morgan fingerprint density at radius 3 is 2.27 bits per heavy atom. The minimum absolute atomic E-state index is 0.0771. The maximum atomic E-state index is 12.7. The highest BCUT2D eigenvalue weighted by molar-refractivity contribution is 7.88. The summed E-state index contributed by atoms with van der Waals surface area (Å²) in [5, 5.41) is 2.77. The molecule has 2 aliphatic heterocycles. The van der Waals surface area contributed by atoms with Crippen LogP contribution in [0.2, 0.25) is 0 Å². The zero-order valence-electron chi connectivity index (χ0n) is 16.7. The summed E-state index contributed by atoms with van der Waals surface area (Å²) < 4.78 is 26.7. The van der Waals surface area contributed by atoms with Crippen LogP contribution in [0, 0.1) is 0 Å². The Labute approximate surface area is 176 Å². The summed E-state index contributed by atoms with van der Waals surface area (Å²) >= 11 is 0. The van der Waals surface area contributed by atoms with Crippen LogP contribution in [0.5, 0.6) is 0 Å². The molecule has 0 unspecified atom stereocenters. The number of sulfonamides is 1. The second-order valence-electron chi connectivity index (χ2n) is 8.13. The lowest BCUT2D eigenvalue weighted by Crippen LogP contribution is -2.53. The van der Waals surface area contributed by atoms with Gasteiger partial charge in [0.2, 0.25) is 15.9 Å². The van der Waals surface area contributed by atoms with Crippen molar-refractivity contribution in [3.8, 4) is 0 Å². The minimum Gasteiger partial charge on any atom is -0.338 e. The van der Waals surface area contributed by atoms with E-state index < -0.39 is 21.6 Å². The highest BCUT2D eigenvalue weighted by atomic mass is 32.2. The van der Waals surface area contributed by atoms with E-state index in [-0.39, 0.29) is 50.3 Å². The lowest BCUT2D eigenvalue weighted by atomic mass is 9.98. The molecule has 3 aliphatic rings. The number of hydrogen-bond donors (Lipinski definition) is 1. The van der Waals surface area contributed by atoms with Crippen LogP contribution in [0.4, 0.5) is 4.79 Å². The third-order valence-corrected chi connectivity index (χ3v) is 8.02. The second-order valence-corrected chi connectivity index (χ2v) is 10.1. The van der Waals surface area contributed by atoms with Crippen LogP contribution in [0.3, 0.4) is 0 Å². The van der Waals surface area contributed by atoms with Gasteiger partial charge in [0.15, 0.2) is 0 Å². The summed E-state index contributed by atoms with van der Waals surface area (Å²) in [5.41, 5.74) is -0.114. The monoisotopic (exact) mass is 434 g/mol. The fourth-order valence-electron chi connectivity index (χ4n) is 4.46. The largest absolute Gasteiger partial charge is 0.338 e. The van der Waals surface area contributed by atoms with E-state index in [1.54, 1.807) is 24.3 Å². The molecule has 0 bridgehead atoms. The van der Waals surface area contributed by atoms with Crippen molar-refractivity contribution in [1.82, 2.24) is 19.4 Å². The lowest BCUT2D eigenvalue weighted by Gasteiger charge is -2.34. The highest BCUT2D eigenvalue weighted by Crippen LogP contribution is 2.35. The molecular weight excluding hydrogens is 408 g/mol. The van der Waals surface area contributed by atoms with Crippen LogP contribution in [0.15, 0.2) is 30.3 Å². The van der Waals surface area contributed by atoms with E-state index in [1.165, 1.54) is 9.21 Å². The van der Waals surface area contributed by atoms with Gasteiger partial charge in [-0.25, -0.2) is 13.2 Å². The predicted octanol–water partition coefficient (Wildman–Crippen LogP) is 0.525. The molecule has 1 spiro atoms. The molecule has 1 aromatic carbocycles. The van der Waals surface area contributed by atoms with Crippen molar-refractivity contribution in [3.63, 3.8) is 0 Å². The van der Waals surface area contributed by atoms with Crippen LogP contribution in [-0.2, 0) is 25.4 Å². The van der Waals surface area contributed by atoms with Crippen LogP contribution in [0.1, 0.15) is 31.2 Å². The Bertz CT molecular complexity index is 935. The van der Waals surface area contributed by atoms with Gasteiger partial charge >= 0.3 is 6.03 Å². The molecule has 1 aromatic rings. The van der Waals surface area contributed by atoms with E-state index in [1.807, 2.05) is 6.07 Å². The Kier molecular flexibility index (Phi) is 5.54. The normalized spacial score (nSPS) is 22.0. The number of nitrogens with zero attached hydrogens (tertiary/aromatic N) is 3. The number of benzene rings is 1. The Hall–Kier alpha value is -2.46. The number of nitrogens with one attached hydrogen (secondary N) is 1. The molecule has 2 saturated heterocycles. The first-order chi connectivity index (χ1) is 14.3. The maximum Gasteiger partial charge on any atom is 0.325 e. The van der Waals surface area contributed by atoms with Crippen molar-refractivity contribution in [3.05, 3.63) is 35.9 Å². The van der Waals surface area contributed by atoms with Crippen molar-refractivity contribution < 1.29 is 22.8 Å². The summed E-state index contributed by atoms with van der Waals surface area (Å²) in [5.74, 6) is -0.733. The maximum absolute atomic E-state index is 12.7. The molecule has 3 fully saturated rings. The summed E-state index contributed by atoms with van der Waals surface area (Å²) in [6.45, 7) is 0.572. The van der Waals surface area contributed by atoms with Gasteiger partial charge in [-0.2, -0.15) is 4.31 Å². The lowest BCUT2D eigenvalue weighted by molar-refractivity contribution is -0.139. The number of amides is 4. The highest BCUT2D eigenvalue weighted by Gasteiger charge is 2.52. The summed E-state index contributed by atoms with van der Waals surface area (Å²) in [7, 11) is -3.47.